The molecule has 3 atom stereocenters. The minimum atomic E-state index is -3.24. The summed E-state index contributed by atoms with van der Waals surface area (Å²) in [5.41, 5.74) is 6.28. The number of fused-ring (bicyclic) bond motifs is 1. The van der Waals surface area contributed by atoms with E-state index in [2.05, 4.69) is 0 Å². The maximum absolute atomic E-state index is 12.3. The molecule has 116 valence electrons. The first-order valence-corrected chi connectivity index (χ1v) is 8.54. The number of sulfone groups is 1. The number of methoxy groups -OCH3 is 1. The highest BCUT2D eigenvalue weighted by atomic mass is 32.2. The number of benzene rings is 1. The van der Waals surface area contributed by atoms with E-state index >= 15 is 0 Å². The van der Waals surface area contributed by atoms with Crippen molar-refractivity contribution >= 4 is 9.84 Å². The Balaban J connectivity index is 1.97. The summed E-state index contributed by atoms with van der Waals surface area (Å²) in [7, 11) is -1.72. The molecule has 0 bridgehead atoms. The second-order valence-corrected chi connectivity index (χ2v) is 7.92. The van der Waals surface area contributed by atoms with Gasteiger partial charge < -0.3 is 19.9 Å². The molecule has 0 aromatic heterocycles. The van der Waals surface area contributed by atoms with E-state index in [9.17, 15) is 8.42 Å². The van der Waals surface area contributed by atoms with Crippen molar-refractivity contribution in [1.29, 1.82) is 0 Å². The zero-order chi connectivity index (χ0) is 15.3. The molecule has 1 heterocycles. The second kappa shape index (κ2) is 4.86. The Morgan fingerprint density at radius 2 is 2.10 bits per heavy atom. The lowest BCUT2D eigenvalue weighted by Crippen LogP contribution is -2.36. The van der Waals surface area contributed by atoms with Gasteiger partial charge in [0.1, 0.15) is 0 Å². The highest BCUT2D eigenvalue weighted by Crippen LogP contribution is 2.55. The number of nitrogens with two attached hydrogens (primary N) is 1. The van der Waals surface area contributed by atoms with Crippen LogP contribution in [0.2, 0.25) is 0 Å². The summed E-state index contributed by atoms with van der Waals surface area (Å²) in [5.74, 6) is 1.09. The summed E-state index contributed by atoms with van der Waals surface area (Å²) in [6, 6.07) is 5.45. The third kappa shape index (κ3) is 2.20. The number of hydrogen-bond acceptors (Lipinski definition) is 6. The Morgan fingerprint density at radius 3 is 2.76 bits per heavy atom. The number of rotatable bonds is 5. The molecule has 1 aliphatic carbocycles. The molecule has 0 saturated heterocycles. The summed E-state index contributed by atoms with van der Waals surface area (Å²) in [4.78, 5) is 0. The van der Waals surface area contributed by atoms with E-state index in [1.807, 2.05) is 12.1 Å². The lowest BCUT2D eigenvalue weighted by atomic mass is 10.1. The molecule has 1 saturated carbocycles. The first-order valence-electron chi connectivity index (χ1n) is 6.83. The minimum Gasteiger partial charge on any atom is -0.454 e. The largest absolute Gasteiger partial charge is 0.454 e. The van der Waals surface area contributed by atoms with Crippen LogP contribution in [0.1, 0.15) is 18.4 Å². The molecule has 0 radical (unpaired) electrons. The predicted molar refractivity (Wildman–Crippen MR) is 77.3 cm³/mol. The highest BCUT2D eigenvalue weighted by molar-refractivity contribution is 7.92. The van der Waals surface area contributed by atoms with Gasteiger partial charge >= 0.3 is 0 Å². The summed E-state index contributed by atoms with van der Waals surface area (Å²) in [6.07, 6.45) is 0. The maximum atomic E-state index is 12.3. The molecule has 0 amide bonds. The second-order valence-electron chi connectivity index (χ2n) is 5.51. The van der Waals surface area contributed by atoms with Crippen LogP contribution in [0.3, 0.4) is 0 Å². The Kier molecular flexibility index (Phi) is 3.38. The molecule has 0 unspecified atom stereocenters. The molecular formula is C14H19NO5S. The van der Waals surface area contributed by atoms with Crippen LogP contribution < -0.4 is 15.2 Å². The number of hydrogen-bond donors (Lipinski definition) is 1. The van der Waals surface area contributed by atoms with Gasteiger partial charge in [0, 0.05) is 18.8 Å². The van der Waals surface area contributed by atoms with Crippen LogP contribution in [0.15, 0.2) is 18.2 Å². The predicted octanol–water partition coefficient (Wildman–Crippen LogP) is 0.660. The van der Waals surface area contributed by atoms with Gasteiger partial charge in [-0.2, -0.15) is 0 Å². The Bertz CT molecular complexity index is 659. The zero-order valence-electron chi connectivity index (χ0n) is 12.0. The molecule has 21 heavy (non-hydrogen) atoms. The normalized spacial score (nSPS) is 30.4. The van der Waals surface area contributed by atoms with Crippen molar-refractivity contribution in [2.45, 2.75) is 23.6 Å². The minimum absolute atomic E-state index is 0.0708. The van der Waals surface area contributed by atoms with Gasteiger partial charge in [-0.25, -0.2) is 8.42 Å². The quantitative estimate of drug-likeness (QED) is 0.859. The molecule has 7 heteroatoms. The molecular weight excluding hydrogens is 294 g/mol. The van der Waals surface area contributed by atoms with Crippen LogP contribution in [0, 0.1) is 0 Å². The van der Waals surface area contributed by atoms with Gasteiger partial charge in [-0.3, -0.25) is 0 Å². The van der Waals surface area contributed by atoms with E-state index in [4.69, 9.17) is 19.9 Å². The summed E-state index contributed by atoms with van der Waals surface area (Å²) >= 11 is 0. The molecule has 2 aliphatic rings. The molecule has 1 fully saturated rings. The van der Waals surface area contributed by atoms with Gasteiger partial charge in [0.15, 0.2) is 21.3 Å². The smallest absolute Gasteiger partial charge is 0.231 e. The molecule has 3 rings (SSSR count). The fourth-order valence-corrected chi connectivity index (χ4v) is 5.15. The fraction of sp³-hybridized carbons (Fsp3) is 0.571. The van der Waals surface area contributed by atoms with Crippen LogP contribution >= 0.6 is 0 Å². The molecule has 2 N–H and O–H groups in total. The average molecular weight is 313 g/mol. The summed E-state index contributed by atoms with van der Waals surface area (Å²) in [5, 5.41) is -0.615. The summed E-state index contributed by atoms with van der Waals surface area (Å²) in [6.45, 7) is 2.03. The third-order valence-electron chi connectivity index (χ3n) is 4.24. The van der Waals surface area contributed by atoms with E-state index in [-0.39, 0.29) is 25.1 Å². The van der Waals surface area contributed by atoms with Gasteiger partial charge in [-0.05, 0) is 17.7 Å². The standard InChI is InChI=1S/C14H19NO5S/c1-3-21(16,17)13-12(14(13,15)7-18-2)9-4-5-10-11(6-9)20-8-19-10/h4-6,12-13H,3,7-8,15H2,1-2H3/t12-,13+,14+/m1/s1. The van der Waals surface area contributed by atoms with Gasteiger partial charge in [0.05, 0.1) is 17.4 Å². The van der Waals surface area contributed by atoms with Gasteiger partial charge in [0.25, 0.3) is 0 Å². The fourth-order valence-electron chi connectivity index (χ4n) is 3.16. The molecule has 1 aliphatic heterocycles. The molecule has 6 nitrogen and oxygen atoms in total. The van der Waals surface area contributed by atoms with Crippen molar-refractivity contribution in [3.63, 3.8) is 0 Å². The molecule has 0 spiro atoms. The highest BCUT2D eigenvalue weighted by Gasteiger charge is 2.68. The maximum Gasteiger partial charge on any atom is 0.231 e. The lowest BCUT2D eigenvalue weighted by molar-refractivity contribution is 0.171. The first-order chi connectivity index (χ1) is 9.94. The van der Waals surface area contributed by atoms with Crippen molar-refractivity contribution in [3.8, 4) is 11.5 Å². The first kappa shape index (κ1) is 14.6. The van der Waals surface area contributed by atoms with E-state index < -0.39 is 20.6 Å². The van der Waals surface area contributed by atoms with E-state index in [0.717, 1.165) is 5.56 Å². The number of ether oxygens (including phenoxy) is 3. The zero-order valence-corrected chi connectivity index (χ0v) is 12.9. The van der Waals surface area contributed by atoms with Gasteiger partial charge in [-0.1, -0.05) is 13.0 Å². The van der Waals surface area contributed by atoms with E-state index in [1.54, 1.807) is 13.0 Å². The summed E-state index contributed by atoms with van der Waals surface area (Å²) < 4.78 is 40.3. The molecule has 1 aromatic carbocycles. The lowest BCUT2D eigenvalue weighted by Gasteiger charge is -2.10. The van der Waals surface area contributed by atoms with Crippen LogP contribution in [-0.4, -0.2) is 45.5 Å². The van der Waals surface area contributed by atoms with Gasteiger partial charge in [0.2, 0.25) is 6.79 Å². The van der Waals surface area contributed by atoms with Crippen LogP contribution in [0.4, 0.5) is 0 Å². The Hall–Kier alpha value is -1.31. The van der Waals surface area contributed by atoms with Crippen LogP contribution in [0.25, 0.3) is 0 Å². The van der Waals surface area contributed by atoms with Crippen molar-refractivity contribution in [2.24, 2.45) is 5.73 Å². The van der Waals surface area contributed by atoms with Crippen molar-refractivity contribution < 1.29 is 22.6 Å². The Labute approximate surface area is 124 Å². The van der Waals surface area contributed by atoms with Crippen LogP contribution in [-0.2, 0) is 14.6 Å². The SMILES string of the molecule is CCS(=O)(=O)[C@H]1[C@@H](c2ccc3c(c2)OCO3)[C@@]1(N)COC. The average Bonchev–Trinajstić information content (AvgIpc) is 2.84. The monoisotopic (exact) mass is 313 g/mol. The van der Waals surface area contributed by atoms with E-state index in [0.29, 0.717) is 11.5 Å². The van der Waals surface area contributed by atoms with Crippen molar-refractivity contribution in [2.75, 3.05) is 26.3 Å². The Morgan fingerprint density at radius 1 is 1.38 bits per heavy atom. The van der Waals surface area contributed by atoms with Crippen molar-refractivity contribution in [3.05, 3.63) is 23.8 Å². The van der Waals surface area contributed by atoms with Crippen LogP contribution in [0.5, 0.6) is 11.5 Å². The topological polar surface area (TPSA) is 87.9 Å². The van der Waals surface area contributed by atoms with Crippen molar-refractivity contribution in [1.82, 2.24) is 0 Å². The third-order valence-corrected chi connectivity index (χ3v) is 6.53. The molecule has 1 aromatic rings. The van der Waals surface area contributed by atoms with E-state index in [1.165, 1.54) is 7.11 Å². The van der Waals surface area contributed by atoms with Gasteiger partial charge in [-0.15, -0.1) is 0 Å².